The Kier molecular flexibility index (Phi) is 3.25. The number of methoxy groups -OCH3 is 1. The van der Waals surface area contributed by atoms with Crippen molar-refractivity contribution >= 4 is 0 Å². The number of ether oxygens (including phenoxy) is 1. The second-order valence-corrected chi connectivity index (χ2v) is 4.30. The molecule has 18 heavy (non-hydrogen) atoms. The molecular formula is C13H17N3O2. The highest BCUT2D eigenvalue weighted by molar-refractivity contribution is 5.72. The Bertz CT molecular complexity index is 626. The zero-order chi connectivity index (χ0) is 13.3. The van der Waals surface area contributed by atoms with E-state index in [1.165, 1.54) is 0 Å². The summed E-state index contributed by atoms with van der Waals surface area (Å²) in [5.41, 5.74) is 9.66. The van der Waals surface area contributed by atoms with Crippen LogP contribution in [0.1, 0.15) is 16.7 Å². The van der Waals surface area contributed by atoms with Crippen LogP contribution in [0, 0.1) is 13.8 Å². The van der Waals surface area contributed by atoms with Crippen molar-refractivity contribution in [1.82, 2.24) is 10.2 Å². The molecule has 0 aliphatic rings. The lowest BCUT2D eigenvalue weighted by Gasteiger charge is -2.12. The van der Waals surface area contributed by atoms with Crippen molar-refractivity contribution in [3.8, 4) is 17.0 Å². The molecule has 1 aromatic heterocycles. The molecule has 5 nitrogen and oxygen atoms in total. The predicted octanol–water partition coefficient (Wildman–Crippen LogP) is 1.45. The van der Waals surface area contributed by atoms with Gasteiger partial charge in [-0.1, -0.05) is 6.07 Å². The van der Waals surface area contributed by atoms with Gasteiger partial charge >= 0.3 is 0 Å². The molecule has 0 aliphatic heterocycles. The number of aromatic amines is 2. The Morgan fingerprint density at radius 1 is 1.28 bits per heavy atom. The third-order valence-electron chi connectivity index (χ3n) is 2.97. The van der Waals surface area contributed by atoms with E-state index in [9.17, 15) is 4.79 Å². The number of rotatable bonds is 3. The van der Waals surface area contributed by atoms with Gasteiger partial charge in [-0.15, -0.1) is 0 Å². The third kappa shape index (κ3) is 1.93. The van der Waals surface area contributed by atoms with E-state index in [4.69, 9.17) is 10.5 Å². The minimum atomic E-state index is -0.186. The van der Waals surface area contributed by atoms with Gasteiger partial charge in [0.05, 0.1) is 18.4 Å². The van der Waals surface area contributed by atoms with Crippen molar-refractivity contribution in [2.24, 2.45) is 5.73 Å². The standard InChI is InChI=1S/C13H17N3O2/c1-7-4-8(2)12(18-3)9(5-7)11-10(6-14)13(17)16-15-11/h4-5H,6,14H2,1-3H3,(H2,15,16,17). The van der Waals surface area contributed by atoms with E-state index in [0.717, 1.165) is 22.4 Å². The summed E-state index contributed by atoms with van der Waals surface area (Å²) in [4.78, 5) is 11.6. The number of benzene rings is 1. The first kappa shape index (κ1) is 12.4. The van der Waals surface area contributed by atoms with E-state index < -0.39 is 0 Å². The topological polar surface area (TPSA) is 83.9 Å². The van der Waals surface area contributed by atoms with Gasteiger partial charge in [0.2, 0.25) is 0 Å². The van der Waals surface area contributed by atoms with Crippen LogP contribution in [0.5, 0.6) is 5.75 Å². The first-order valence-electron chi connectivity index (χ1n) is 5.73. The Morgan fingerprint density at radius 3 is 2.61 bits per heavy atom. The van der Waals surface area contributed by atoms with Crippen LogP contribution in [0.4, 0.5) is 0 Å². The van der Waals surface area contributed by atoms with Crippen molar-refractivity contribution in [3.63, 3.8) is 0 Å². The molecule has 0 aliphatic carbocycles. The van der Waals surface area contributed by atoms with Crippen LogP contribution in [0.3, 0.4) is 0 Å². The fourth-order valence-electron chi connectivity index (χ4n) is 2.22. The highest BCUT2D eigenvalue weighted by atomic mass is 16.5. The largest absolute Gasteiger partial charge is 0.496 e. The molecule has 0 spiro atoms. The lowest BCUT2D eigenvalue weighted by molar-refractivity contribution is 0.413. The molecule has 1 aromatic carbocycles. The predicted molar refractivity (Wildman–Crippen MR) is 70.8 cm³/mol. The average Bonchev–Trinajstić information content (AvgIpc) is 2.69. The fraction of sp³-hybridized carbons (Fsp3) is 0.308. The van der Waals surface area contributed by atoms with Crippen molar-refractivity contribution in [3.05, 3.63) is 39.2 Å². The van der Waals surface area contributed by atoms with Crippen LogP contribution in [0.2, 0.25) is 0 Å². The molecule has 96 valence electrons. The van der Waals surface area contributed by atoms with Crippen molar-refractivity contribution in [2.45, 2.75) is 20.4 Å². The van der Waals surface area contributed by atoms with Crippen LogP contribution in [-0.2, 0) is 6.54 Å². The minimum Gasteiger partial charge on any atom is -0.496 e. The first-order valence-corrected chi connectivity index (χ1v) is 5.73. The molecule has 4 N–H and O–H groups in total. The SMILES string of the molecule is COc1c(C)cc(C)cc1-c1[nH][nH]c(=O)c1CN. The summed E-state index contributed by atoms with van der Waals surface area (Å²) in [6.07, 6.45) is 0. The van der Waals surface area contributed by atoms with E-state index >= 15 is 0 Å². The number of nitrogens with one attached hydrogen (secondary N) is 2. The summed E-state index contributed by atoms with van der Waals surface area (Å²) < 4.78 is 5.42. The Morgan fingerprint density at radius 2 is 2.00 bits per heavy atom. The number of aryl methyl sites for hydroxylation is 2. The molecule has 0 amide bonds. The van der Waals surface area contributed by atoms with Gasteiger partial charge < -0.3 is 10.5 Å². The van der Waals surface area contributed by atoms with E-state index in [0.29, 0.717) is 11.3 Å². The zero-order valence-corrected chi connectivity index (χ0v) is 10.8. The summed E-state index contributed by atoms with van der Waals surface area (Å²) in [6.45, 7) is 4.16. The molecule has 0 radical (unpaired) electrons. The lowest BCUT2D eigenvalue weighted by atomic mass is 10.0. The smallest absolute Gasteiger partial charge is 0.269 e. The summed E-state index contributed by atoms with van der Waals surface area (Å²) in [5, 5.41) is 5.43. The maximum absolute atomic E-state index is 11.6. The molecule has 0 unspecified atom stereocenters. The summed E-state index contributed by atoms with van der Waals surface area (Å²) in [5.74, 6) is 0.755. The van der Waals surface area contributed by atoms with Gasteiger partial charge in [0.15, 0.2) is 0 Å². The fourth-order valence-corrected chi connectivity index (χ4v) is 2.22. The molecule has 0 saturated carbocycles. The molecule has 0 saturated heterocycles. The maximum atomic E-state index is 11.6. The Balaban J connectivity index is 2.73. The van der Waals surface area contributed by atoms with Gasteiger partial charge in [-0.25, -0.2) is 0 Å². The second kappa shape index (κ2) is 4.70. The van der Waals surface area contributed by atoms with E-state index in [-0.39, 0.29) is 12.1 Å². The molecule has 2 aromatic rings. The van der Waals surface area contributed by atoms with Crippen LogP contribution >= 0.6 is 0 Å². The highest BCUT2D eigenvalue weighted by Crippen LogP contribution is 2.33. The van der Waals surface area contributed by atoms with Gasteiger partial charge in [0, 0.05) is 12.1 Å². The third-order valence-corrected chi connectivity index (χ3v) is 2.97. The monoisotopic (exact) mass is 247 g/mol. The van der Waals surface area contributed by atoms with Crippen LogP contribution < -0.4 is 16.0 Å². The Hall–Kier alpha value is -2.01. The van der Waals surface area contributed by atoms with Crippen molar-refractivity contribution in [2.75, 3.05) is 7.11 Å². The second-order valence-electron chi connectivity index (χ2n) is 4.30. The molecule has 1 heterocycles. The Labute approximate surface area is 105 Å². The van der Waals surface area contributed by atoms with E-state index in [2.05, 4.69) is 10.2 Å². The minimum absolute atomic E-state index is 0.185. The van der Waals surface area contributed by atoms with E-state index in [1.54, 1.807) is 7.11 Å². The maximum Gasteiger partial charge on any atom is 0.269 e. The van der Waals surface area contributed by atoms with Gasteiger partial charge in [-0.2, -0.15) is 0 Å². The van der Waals surface area contributed by atoms with Gasteiger partial charge in [-0.3, -0.25) is 15.0 Å². The molecule has 0 bridgehead atoms. The van der Waals surface area contributed by atoms with Crippen LogP contribution in [0.25, 0.3) is 11.3 Å². The summed E-state index contributed by atoms with van der Waals surface area (Å²) in [6, 6.07) is 4.01. The number of hydrogen-bond donors (Lipinski definition) is 3. The van der Waals surface area contributed by atoms with Gasteiger partial charge in [0.25, 0.3) is 5.56 Å². The summed E-state index contributed by atoms with van der Waals surface area (Å²) >= 11 is 0. The number of hydrogen-bond acceptors (Lipinski definition) is 3. The van der Waals surface area contributed by atoms with Crippen LogP contribution in [0.15, 0.2) is 16.9 Å². The zero-order valence-electron chi connectivity index (χ0n) is 10.8. The quantitative estimate of drug-likeness (QED) is 0.767. The van der Waals surface area contributed by atoms with Gasteiger partial charge in [0.1, 0.15) is 5.75 Å². The van der Waals surface area contributed by atoms with Gasteiger partial charge in [-0.05, 0) is 31.0 Å². The van der Waals surface area contributed by atoms with Crippen LogP contribution in [-0.4, -0.2) is 17.3 Å². The van der Waals surface area contributed by atoms with E-state index in [1.807, 2.05) is 26.0 Å². The number of nitrogens with two attached hydrogens (primary N) is 1. The molecule has 0 atom stereocenters. The molecule has 5 heteroatoms. The van der Waals surface area contributed by atoms with Crippen molar-refractivity contribution < 1.29 is 4.74 Å². The first-order chi connectivity index (χ1) is 8.58. The summed E-state index contributed by atoms with van der Waals surface area (Å²) in [7, 11) is 1.62. The highest BCUT2D eigenvalue weighted by Gasteiger charge is 2.16. The normalized spacial score (nSPS) is 10.7. The molecule has 0 fully saturated rings. The average molecular weight is 247 g/mol. The van der Waals surface area contributed by atoms with Crippen molar-refractivity contribution in [1.29, 1.82) is 0 Å². The number of aromatic nitrogens is 2. The lowest BCUT2D eigenvalue weighted by Crippen LogP contribution is -2.10. The number of H-pyrrole nitrogens is 2. The molecular weight excluding hydrogens is 230 g/mol. The molecule has 2 rings (SSSR count).